The molecule has 0 spiro atoms. The van der Waals surface area contributed by atoms with E-state index in [-0.39, 0.29) is 10.8 Å². The molecule has 0 radical (unpaired) electrons. The van der Waals surface area contributed by atoms with Gasteiger partial charge in [0.15, 0.2) is 0 Å². The summed E-state index contributed by atoms with van der Waals surface area (Å²) in [6, 6.07) is 14.0. The lowest BCUT2D eigenvalue weighted by Crippen LogP contribution is -2.14. The van der Waals surface area contributed by atoms with Crippen LogP contribution in [0.1, 0.15) is 24.3 Å². The van der Waals surface area contributed by atoms with Crippen LogP contribution in [0.2, 0.25) is 0 Å². The van der Waals surface area contributed by atoms with Crippen LogP contribution < -0.4 is 10.5 Å². The molecule has 136 valence electrons. The fraction of sp³-hybridized carbons (Fsp3) is 0.222. The topological polar surface area (TPSA) is 102 Å². The minimum Gasteiger partial charge on any atom is -0.326 e. The van der Waals surface area contributed by atoms with Gasteiger partial charge in [-0.2, -0.15) is 0 Å². The first-order valence-corrected chi connectivity index (χ1v) is 10.6. The maximum Gasteiger partial charge on any atom is 0.238 e. The number of nitrogens with zero attached hydrogens (tertiary/aromatic N) is 1. The van der Waals surface area contributed by atoms with Crippen LogP contribution in [0.4, 0.5) is 5.69 Å². The van der Waals surface area contributed by atoms with Gasteiger partial charge in [0.1, 0.15) is 0 Å². The highest BCUT2D eigenvalue weighted by Crippen LogP contribution is 2.23. The Morgan fingerprint density at radius 1 is 1.12 bits per heavy atom. The average molecular weight is 390 g/mol. The van der Waals surface area contributed by atoms with Crippen molar-refractivity contribution in [3.63, 3.8) is 0 Å². The second kappa shape index (κ2) is 7.94. The van der Waals surface area contributed by atoms with E-state index in [1.54, 1.807) is 23.5 Å². The van der Waals surface area contributed by atoms with E-state index in [9.17, 15) is 13.2 Å². The van der Waals surface area contributed by atoms with Crippen LogP contribution in [0.3, 0.4) is 0 Å². The van der Waals surface area contributed by atoms with Crippen molar-refractivity contribution in [1.82, 2.24) is 4.98 Å². The van der Waals surface area contributed by atoms with Crippen LogP contribution in [-0.4, -0.2) is 19.3 Å². The van der Waals surface area contributed by atoms with Crippen molar-refractivity contribution in [2.45, 2.75) is 30.6 Å². The van der Waals surface area contributed by atoms with Gasteiger partial charge >= 0.3 is 0 Å². The third kappa shape index (κ3) is 4.87. The van der Waals surface area contributed by atoms with Gasteiger partial charge in [0.05, 0.1) is 20.1 Å². The van der Waals surface area contributed by atoms with E-state index < -0.39 is 10.0 Å². The second-order valence-electron chi connectivity index (χ2n) is 5.90. The van der Waals surface area contributed by atoms with Gasteiger partial charge < -0.3 is 5.32 Å². The Labute approximate surface area is 156 Å². The molecule has 0 fully saturated rings. The molecular weight excluding hydrogens is 370 g/mol. The highest BCUT2D eigenvalue weighted by molar-refractivity contribution is 7.89. The number of carbonyl (C=O) groups excluding carboxylic acids is 1. The van der Waals surface area contributed by atoms with Crippen LogP contribution >= 0.6 is 11.3 Å². The SMILES string of the molecule is NS(=O)(=O)c1cccc(NC(=O)CCCCc2nc3ccccc3s2)c1. The van der Waals surface area contributed by atoms with E-state index in [4.69, 9.17) is 5.14 Å². The first-order valence-electron chi connectivity index (χ1n) is 8.19. The number of thiazole rings is 1. The van der Waals surface area contributed by atoms with Gasteiger partial charge in [0.25, 0.3) is 0 Å². The van der Waals surface area contributed by atoms with Gasteiger partial charge in [-0.25, -0.2) is 18.5 Å². The Morgan fingerprint density at radius 2 is 1.92 bits per heavy atom. The molecular formula is C18H19N3O3S2. The lowest BCUT2D eigenvalue weighted by atomic mass is 10.2. The number of para-hydroxylation sites is 1. The predicted octanol–water partition coefficient (Wildman–Crippen LogP) is 3.30. The number of carbonyl (C=O) groups is 1. The van der Waals surface area contributed by atoms with Gasteiger partial charge in [-0.3, -0.25) is 4.79 Å². The number of aryl methyl sites for hydroxylation is 1. The molecule has 1 heterocycles. The molecule has 8 heteroatoms. The highest BCUT2D eigenvalue weighted by Gasteiger charge is 2.10. The number of benzene rings is 2. The molecule has 1 aromatic heterocycles. The quantitative estimate of drug-likeness (QED) is 0.605. The summed E-state index contributed by atoms with van der Waals surface area (Å²) >= 11 is 1.68. The standard InChI is InChI=1S/C18H19N3O3S2/c19-26(23,24)14-7-5-6-13(12-14)20-17(22)10-3-4-11-18-21-15-8-1-2-9-16(15)25-18/h1-2,5-9,12H,3-4,10-11H2,(H,20,22)(H2,19,23,24). The molecule has 0 bridgehead atoms. The third-order valence-electron chi connectivity index (χ3n) is 3.83. The van der Waals surface area contributed by atoms with Gasteiger partial charge in [-0.05, 0) is 49.6 Å². The zero-order valence-corrected chi connectivity index (χ0v) is 15.6. The number of sulfonamides is 1. The minimum atomic E-state index is -3.78. The van der Waals surface area contributed by atoms with Gasteiger partial charge in [0.2, 0.25) is 15.9 Å². The second-order valence-corrected chi connectivity index (χ2v) is 8.58. The first-order chi connectivity index (χ1) is 12.4. The summed E-state index contributed by atoms with van der Waals surface area (Å²) in [5.74, 6) is -0.152. The Kier molecular flexibility index (Phi) is 5.65. The number of anilines is 1. The van der Waals surface area contributed by atoms with E-state index in [1.165, 1.54) is 16.8 Å². The lowest BCUT2D eigenvalue weighted by Gasteiger charge is -2.06. The van der Waals surface area contributed by atoms with Crippen molar-refractivity contribution in [2.24, 2.45) is 5.14 Å². The number of rotatable bonds is 7. The summed E-state index contributed by atoms with van der Waals surface area (Å²) < 4.78 is 23.9. The fourth-order valence-electron chi connectivity index (χ4n) is 2.56. The van der Waals surface area contributed by atoms with Gasteiger partial charge in [-0.1, -0.05) is 18.2 Å². The summed E-state index contributed by atoms with van der Waals surface area (Å²) in [7, 11) is -3.78. The summed E-state index contributed by atoms with van der Waals surface area (Å²) in [6.45, 7) is 0. The van der Waals surface area contributed by atoms with E-state index in [1.807, 2.05) is 18.2 Å². The van der Waals surface area contributed by atoms with Crippen LogP contribution in [0, 0.1) is 0 Å². The highest BCUT2D eigenvalue weighted by atomic mass is 32.2. The first kappa shape index (κ1) is 18.5. The predicted molar refractivity (Wildman–Crippen MR) is 104 cm³/mol. The number of nitrogens with two attached hydrogens (primary N) is 1. The van der Waals surface area contributed by atoms with Gasteiger partial charge in [0, 0.05) is 12.1 Å². The molecule has 0 saturated heterocycles. The summed E-state index contributed by atoms with van der Waals surface area (Å²) in [5.41, 5.74) is 1.44. The largest absolute Gasteiger partial charge is 0.326 e. The molecule has 0 saturated carbocycles. The van der Waals surface area contributed by atoms with E-state index in [2.05, 4.69) is 16.4 Å². The molecule has 26 heavy (non-hydrogen) atoms. The monoisotopic (exact) mass is 389 g/mol. The zero-order chi connectivity index (χ0) is 18.6. The number of primary sulfonamides is 1. The normalized spacial score (nSPS) is 11.6. The van der Waals surface area contributed by atoms with Crippen molar-refractivity contribution in [2.75, 3.05) is 5.32 Å². The molecule has 6 nitrogen and oxygen atoms in total. The molecule has 2 aromatic carbocycles. The minimum absolute atomic E-state index is 0.0221. The number of nitrogens with one attached hydrogen (secondary N) is 1. The third-order valence-corrected chi connectivity index (χ3v) is 5.84. The molecule has 3 rings (SSSR count). The Balaban J connectivity index is 1.47. The van der Waals surface area contributed by atoms with Gasteiger partial charge in [-0.15, -0.1) is 11.3 Å². The molecule has 0 aliphatic rings. The molecule has 0 atom stereocenters. The summed E-state index contributed by atoms with van der Waals surface area (Å²) in [4.78, 5) is 16.6. The van der Waals surface area contributed by atoms with Crippen molar-refractivity contribution in [3.05, 3.63) is 53.5 Å². The summed E-state index contributed by atoms with van der Waals surface area (Å²) in [6.07, 6.45) is 2.80. The van der Waals surface area contributed by atoms with E-state index in [0.29, 0.717) is 12.1 Å². The molecule has 1 amide bonds. The molecule has 3 N–H and O–H groups in total. The smallest absolute Gasteiger partial charge is 0.238 e. The number of hydrogen-bond acceptors (Lipinski definition) is 5. The Morgan fingerprint density at radius 3 is 2.69 bits per heavy atom. The zero-order valence-electron chi connectivity index (χ0n) is 14.0. The lowest BCUT2D eigenvalue weighted by molar-refractivity contribution is -0.116. The Bertz CT molecular complexity index is 996. The number of amides is 1. The van der Waals surface area contributed by atoms with Crippen LogP contribution in [0.15, 0.2) is 53.4 Å². The number of hydrogen-bond donors (Lipinski definition) is 2. The molecule has 3 aromatic rings. The van der Waals surface area contributed by atoms with Crippen LogP contribution in [0.5, 0.6) is 0 Å². The van der Waals surface area contributed by atoms with Crippen molar-refractivity contribution in [3.8, 4) is 0 Å². The Hall–Kier alpha value is -2.29. The molecule has 0 aliphatic carbocycles. The molecule has 0 aliphatic heterocycles. The molecule has 0 unspecified atom stereocenters. The number of unbranched alkanes of at least 4 members (excludes halogenated alkanes) is 1. The maximum absolute atomic E-state index is 12.0. The van der Waals surface area contributed by atoms with E-state index in [0.717, 1.165) is 29.8 Å². The van der Waals surface area contributed by atoms with Crippen LogP contribution in [-0.2, 0) is 21.2 Å². The average Bonchev–Trinajstić information content (AvgIpc) is 3.01. The van der Waals surface area contributed by atoms with E-state index >= 15 is 0 Å². The van der Waals surface area contributed by atoms with Crippen LogP contribution in [0.25, 0.3) is 10.2 Å². The maximum atomic E-state index is 12.0. The van der Waals surface area contributed by atoms with Crippen molar-refractivity contribution in [1.29, 1.82) is 0 Å². The van der Waals surface area contributed by atoms with Crippen molar-refractivity contribution >= 4 is 43.2 Å². The number of aromatic nitrogens is 1. The number of fused-ring (bicyclic) bond motifs is 1. The van der Waals surface area contributed by atoms with Crippen molar-refractivity contribution < 1.29 is 13.2 Å². The summed E-state index contributed by atoms with van der Waals surface area (Å²) in [5, 5.41) is 8.87. The fourth-order valence-corrected chi connectivity index (χ4v) is 4.13.